The quantitative estimate of drug-likeness (QED) is 0.260. The van der Waals surface area contributed by atoms with Gasteiger partial charge in [0.05, 0.1) is 11.6 Å². The minimum atomic E-state index is -1.26. The van der Waals surface area contributed by atoms with Gasteiger partial charge in [0.15, 0.2) is 0 Å². The van der Waals surface area contributed by atoms with E-state index >= 15 is 0 Å². The first-order valence-electron chi connectivity index (χ1n) is 13.1. The monoisotopic (exact) mass is 550 g/mol. The van der Waals surface area contributed by atoms with E-state index in [4.69, 9.17) is 16.3 Å². The third-order valence-corrected chi connectivity index (χ3v) is 8.18. The number of aliphatic hydroxyl groups is 1. The molecule has 208 valence electrons. The zero-order valence-electron chi connectivity index (χ0n) is 22.5. The SMILES string of the molecule is CC(/C=C\C=C(\Cl)CF)[C@H]1[C@H](C(=O)NC2CC(C)(O)C2)N[C@H](CC(C)(C)C)[C@]12C(=O)Oc1cc(F)ccc12. The lowest BCUT2D eigenvalue weighted by Crippen LogP contribution is -2.58. The van der Waals surface area contributed by atoms with Gasteiger partial charge in [0.1, 0.15) is 23.7 Å². The molecule has 6 nitrogen and oxygen atoms in total. The van der Waals surface area contributed by atoms with Crippen LogP contribution < -0.4 is 15.4 Å². The van der Waals surface area contributed by atoms with Crippen LogP contribution in [0.15, 0.2) is 41.5 Å². The largest absolute Gasteiger partial charge is 0.425 e. The molecular formula is C29H37ClF2N2O4. The maximum absolute atomic E-state index is 14.2. The van der Waals surface area contributed by atoms with Crippen molar-refractivity contribution < 1.29 is 28.2 Å². The van der Waals surface area contributed by atoms with E-state index in [-0.39, 0.29) is 34.1 Å². The fourth-order valence-corrected chi connectivity index (χ4v) is 6.57. The number of carbonyl (C=O) groups is 2. The molecule has 1 amide bonds. The number of esters is 1. The Labute approximate surface area is 227 Å². The van der Waals surface area contributed by atoms with Crippen LogP contribution in [0.4, 0.5) is 8.78 Å². The third kappa shape index (κ3) is 5.40. The predicted molar refractivity (Wildman–Crippen MR) is 142 cm³/mol. The summed E-state index contributed by atoms with van der Waals surface area (Å²) in [4.78, 5) is 27.6. The Kier molecular flexibility index (Phi) is 7.83. The van der Waals surface area contributed by atoms with Gasteiger partial charge in [0.25, 0.3) is 0 Å². The van der Waals surface area contributed by atoms with Gasteiger partial charge >= 0.3 is 5.97 Å². The number of nitrogens with one attached hydrogen (secondary N) is 2. The molecule has 2 fully saturated rings. The molecule has 0 bridgehead atoms. The van der Waals surface area contributed by atoms with Crippen LogP contribution in [-0.2, 0) is 15.0 Å². The molecule has 1 aromatic carbocycles. The third-order valence-electron chi connectivity index (χ3n) is 7.95. The van der Waals surface area contributed by atoms with Gasteiger partial charge in [-0.1, -0.05) is 57.5 Å². The van der Waals surface area contributed by atoms with Crippen LogP contribution in [0.1, 0.15) is 59.4 Å². The number of amides is 1. The van der Waals surface area contributed by atoms with Gasteiger partial charge in [-0.25, -0.2) is 8.78 Å². The number of rotatable bonds is 7. The van der Waals surface area contributed by atoms with Crippen LogP contribution in [0.25, 0.3) is 0 Å². The summed E-state index contributed by atoms with van der Waals surface area (Å²) in [5.74, 6) is -2.13. The first kappa shape index (κ1) is 28.7. The number of hydrogen-bond donors (Lipinski definition) is 3. The lowest BCUT2D eigenvalue weighted by atomic mass is 9.61. The Morgan fingerprint density at radius 2 is 2.05 bits per heavy atom. The Morgan fingerprint density at radius 3 is 2.66 bits per heavy atom. The lowest BCUT2D eigenvalue weighted by molar-refractivity contribution is -0.141. The summed E-state index contributed by atoms with van der Waals surface area (Å²) >= 11 is 5.84. The van der Waals surface area contributed by atoms with Gasteiger partial charge in [0.2, 0.25) is 5.91 Å². The molecule has 1 unspecified atom stereocenters. The molecule has 0 aromatic heterocycles. The van der Waals surface area contributed by atoms with Crippen molar-refractivity contribution in [2.75, 3.05) is 6.67 Å². The maximum atomic E-state index is 14.2. The number of carbonyl (C=O) groups excluding carboxylic acids is 2. The summed E-state index contributed by atoms with van der Waals surface area (Å²) in [5, 5.41) is 16.7. The molecule has 1 aliphatic carbocycles. The van der Waals surface area contributed by atoms with E-state index in [1.165, 1.54) is 18.2 Å². The second kappa shape index (κ2) is 10.4. The van der Waals surface area contributed by atoms with Crippen molar-refractivity contribution in [1.82, 2.24) is 10.6 Å². The van der Waals surface area contributed by atoms with Gasteiger partial charge in [-0.2, -0.15) is 0 Å². The van der Waals surface area contributed by atoms with Gasteiger partial charge in [-0.3, -0.25) is 9.59 Å². The van der Waals surface area contributed by atoms with Crippen molar-refractivity contribution in [2.24, 2.45) is 17.3 Å². The van der Waals surface area contributed by atoms with E-state index in [9.17, 15) is 23.5 Å². The summed E-state index contributed by atoms with van der Waals surface area (Å²) in [6.45, 7) is 8.99. The van der Waals surface area contributed by atoms with Crippen molar-refractivity contribution in [2.45, 2.75) is 83.0 Å². The van der Waals surface area contributed by atoms with E-state index in [1.807, 2.05) is 6.92 Å². The average molecular weight is 551 g/mol. The Bertz CT molecular complexity index is 1150. The van der Waals surface area contributed by atoms with E-state index in [1.54, 1.807) is 25.1 Å². The number of fused-ring (bicyclic) bond motifs is 2. The molecule has 1 saturated heterocycles. The zero-order valence-corrected chi connectivity index (χ0v) is 23.2. The van der Waals surface area contributed by atoms with Crippen LogP contribution >= 0.6 is 11.6 Å². The summed E-state index contributed by atoms with van der Waals surface area (Å²) < 4.78 is 32.7. The van der Waals surface area contributed by atoms with Crippen molar-refractivity contribution in [1.29, 1.82) is 0 Å². The highest BCUT2D eigenvalue weighted by molar-refractivity contribution is 6.29. The van der Waals surface area contributed by atoms with E-state index in [0.717, 1.165) is 0 Å². The second-order valence-corrected chi connectivity index (χ2v) is 13.0. The van der Waals surface area contributed by atoms with Gasteiger partial charge in [-0.05, 0) is 49.7 Å². The van der Waals surface area contributed by atoms with Gasteiger partial charge in [0, 0.05) is 34.7 Å². The molecule has 5 atom stereocenters. The molecule has 9 heteroatoms. The van der Waals surface area contributed by atoms with E-state index < -0.39 is 47.5 Å². The first-order chi connectivity index (χ1) is 17.7. The highest BCUT2D eigenvalue weighted by atomic mass is 35.5. The van der Waals surface area contributed by atoms with Gasteiger partial charge < -0.3 is 20.5 Å². The van der Waals surface area contributed by atoms with Crippen molar-refractivity contribution in [3.63, 3.8) is 0 Å². The van der Waals surface area contributed by atoms with Crippen molar-refractivity contribution in [3.8, 4) is 5.75 Å². The minimum Gasteiger partial charge on any atom is -0.425 e. The maximum Gasteiger partial charge on any atom is 0.324 e. The number of ether oxygens (including phenoxy) is 1. The van der Waals surface area contributed by atoms with Crippen LogP contribution in [0, 0.1) is 23.1 Å². The number of alkyl halides is 1. The first-order valence-corrected chi connectivity index (χ1v) is 13.5. The minimum absolute atomic E-state index is 0.0331. The molecular weight excluding hydrogens is 514 g/mol. The highest BCUT2D eigenvalue weighted by Gasteiger charge is 2.67. The molecule has 1 aromatic rings. The predicted octanol–water partition coefficient (Wildman–Crippen LogP) is 4.69. The molecule has 0 radical (unpaired) electrons. The van der Waals surface area contributed by atoms with Crippen LogP contribution in [0.3, 0.4) is 0 Å². The molecule has 1 spiro atoms. The number of halogens is 3. The van der Waals surface area contributed by atoms with Crippen molar-refractivity contribution in [3.05, 3.63) is 52.8 Å². The fourth-order valence-electron chi connectivity index (χ4n) is 6.49. The van der Waals surface area contributed by atoms with Crippen LogP contribution in [0.2, 0.25) is 0 Å². The standard InChI is InChI=1S/C29H37ClF2N2O4/c1-16(7-6-8-17(30)15-31)23-24(25(35)33-19-12-28(5,37)13-19)34-22(14-27(2,3)4)29(23)20-10-9-18(32)11-21(20)38-26(29)36/h6-11,16,19,22-24,34,37H,12-15H2,1-5H3,(H,33,35)/b7-6-,17-8+/t16?,19?,22-,23+,24-,28?,29+/m1/s1. The number of benzene rings is 1. The molecule has 2 aliphatic heterocycles. The smallest absolute Gasteiger partial charge is 0.324 e. The zero-order chi connectivity index (χ0) is 28.0. The number of allylic oxidation sites excluding steroid dienone is 4. The van der Waals surface area contributed by atoms with Crippen LogP contribution in [-0.4, -0.2) is 47.4 Å². The Morgan fingerprint density at radius 1 is 1.37 bits per heavy atom. The Hall–Kier alpha value is -2.29. The molecule has 38 heavy (non-hydrogen) atoms. The topological polar surface area (TPSA) is 87.7 Å². The molecule has 2 heterocycles. The molecule has 4 rings (SSSR count). The normalized spacial score (nSPS) is 33.8. The summed E-state index contributed by atoms with van der Waals surface area (Å²) in [7, 11) is 0. The number of hydrogen-bond acceptors (Lipinski definition) is 5. The fraction of sp³-hybridized carbons (Fsp3) is 0.586. The summed E-state index contributed by atoms with van der Waals surface area (Å²) in [6, 6.07) is 2.67. The summed E-state index contributed by atoms with van der Waals surface area (Å²) in [5.41, 5.74) is -1.74. The molecule has 3 aliphatic rings. The van der Waals surface area contributed by atoms with Gasteiger partial charge in [-0.15, -0.1) is 0 Å². The summed E-state index contributed by atoms with van der Waals surface area (Å²) in [6.07, 6.45) is 6.30. The van der Waals surface area contributed by atoms with E-state index in [0.29, 0.717) is 24.8 Å². The highest BCUT2D eigenvalue weighted by Crippen LogP contribution is 2.56. The Balaban J connectivity index is 1.81. The molecule has 3 N–H and O–H groups in total. The van der Waals surface area contributed by atoms with Crippen LogP contribution in [0.5, 0.6) is 5.75 Å². The lowest BCUT2D eigenvalue weighted by Gasteiger charge is -2.42. The average Bonchev–Trinajstić information content (AvgIpc) is 3.26. The second-order valence-electron chi connectivity index (χ2n) is 12.5. The van der Waals surface area contributed by atoms with E-state index in [2.05, 4.69) is 31.4 Å². The van der Waals surface area contributed by atoms with Crippen molar-refractivity contribution >= 4 is 23.5 Å². The molecule has 1 saturated carbocycles.